The summed E-state index contributed by atoms with van der Waals surface area (Å²) in [6.45, 7) is 0. The second-order valence-electron chi connectivity index (χ2n) is 0.639. The molecule has 44 valence electrons. The summed E-state index contributed by atoms with van der Waals surface area (Å²) in [5, 5.41) is 0. The zero-order valence-corrected chi connectivity index (χ0v) is 11.4. The van der Waals surface area contributed by atoms with E-state index in [4.69, 9.17) is 56.2 Å². The van der Waals surface area contributed by atoms with Crippen LogP contribution in [0.2, 0.25) is 0 Å². The van der Waals surface area contributed by atoms with E-state index in [1.54, 1.807) is 0 Å². The van der Waals surface area contributed by atoms with Gasteiger partial charge in [0.25, 0.3) is 0 Å². The second kappa shape index (κ2) is 3.27. The number of rotatable bonds is 0. The smallest absolute Gasteiger partial charge is 0 e. The van der Waals surface area contributed by atoms with E-state index in [0.717, 1.165) is 0 Å². The Morgan fingerprint density at radius 3 is 0.714 bits per heavy atom. The summed E-state index contributed by atoms with van der Waals surface area (Å²) >= 11 is 24.9. The normalized spacial score (nSPS) is 16.4. The first kappa shape index (κ1) is 12.5. The van der Waals surface area contributed by atoms with Crippen LogP contribution in [0.25, 0.3) is 0 Å². The molecular weight excluding hydrogens is 415 g/mol. The van der Waals surface area contributed by atoms with Crippen molar-refractivity contribution in [1.82, 2.24) is 0 Å². The van der Waals surface area contributed by atoms with Gasteiger partial charge < -0.3 is 0 Å². The molecule has 0 aliphatic carbocycles. The molecule has 0 fully saturated rings. The van der Waals surface area contributed by atoms with E-state index in [-0.39, 0.29) is 27.3 Å². The SMILES string of the molecule is ClP(Cl)(Cl)(Cl)Cl.[Pb]. The molecule has 0 aromatic carbocycles. The predicted octanol–water partition coefficient (Wildman–Crippen LogP) is 3.93. The molecule has 0 nitrogen and oxygen atoms in total. The predicted molar refractivity (Wildman–Crippen MR) is 41.9 cm³/mol. The molecule has 7 heteroatoms. The van der Waals surface area contributed by atoms with E-state index < -0.39 is 3.37 Å². The number of hydrogen-bond acceptors (Lipinski definition) is 0. The van der Waals surface area contributed by atoms with Crippen molar-refractivity contribution in [2.24, 2.45) is 0 Å². The van der Waals surface area contributed by atoms with Crippen molar-refractivity contribution in [3.05, 3.63) is 0 Å². The molecule has 0 aromatic heterocycles. The standard InChI is InChI=1S/Cl5P.Pb/c1-6(2,3,4)5;. The van der Waals surface area contributed by atoms with Crippen molar-refractivity contribution in [1.29, 1.82) is 0 Å². The van der Waals surface area contributed by atoms with E-state index >= 15 is 0 Å². The molecule has 4 radical (unpaired) electrons. The minimum Gasteiger partial charge on any atom is 0 e. The molecule has 0 saturated carbocycles. The first-order chi connectivity index (χ1) is 2.24. The van der Waals surface area contributed by atoms with Crippen LogP contribution in [0.3, 0.4) is 0 Å². The Bertz CT molecular complexity index is 41.3. The average molecular weight is 415 g/mol. The van der Waals surface area contributed by atoms with Crippen LogP contribution in [0.1, 0.15) is 0 Å². The summed E-state index contributed by atoms with van der Waals surface area (Å²) < 4.78 is -3.69. The molecule has 0 bridgehead atoms. The van der Waals surface area contributed by atoms with Crippen LogP contribution in [0.4, 0.5) is 0 Å². The van der Waals surface area contributed by atoms with Crippen molar-refractivity contribution in [2.45, 2.75) is 0 Å². The molecule has 0 saturated heterocycles. The van der Waals surface area contributed by atoms with Crippen LogP contribution in [0, 0.1) is 0 Å². The molecule has 7 heavy (non-hydrogen) atoms. The molecule has 0 spiro atoms. The van der Waals surface area contributed by atoms with Gasteiger partial charge in [0.15, 0.2) is 0 Å². The Kier molecular flexibility index (Phi) is 5.83. The Morgan fingerprint density at radius 2 is 0.714 bits per heavy atom. The van der Waals surface area contributed by atoms with E-state index in [1.807, 2.05) is 0 Å². The maximum Gasteiger partial charge on any atom is 0 e. The third kappa shape index (κ3) is 51.9. The third-order valence-corrected chi connectivity index (χ3v) is 0. The van der Waals surface area contributed by atoms with E-state index in [0.29, 0.717) is 0 Å². The van der Waals surface area contributed by atoms with Gasteiger partial charge in [-0.25, -0.2) is 0 Å². The van der Waals surface area contributed by atoms with Crippen molar-refractivity contribution in [3.63, 3.8) is 0 Å². The third-order valence-electron chi connectivity index (χ3n) is 0. The molecule has 0 atom stereocenters. The Labute approximate surface area is 85.8 Å². The minimum atomic E-state index is -3.69. The Balaban J connectivity index is 0. The van der Waals surface area contributed by atoms with Gasteiger partial charge in [0, 0.05) is 27.3 Å². The molecule has 0 amide bonds. The molecule has 0 N–H and O–H groups in total. The molecular formula is Cl5PPb. The van der Waals surface area contributed by atoms with Gasteiger partial charge in [0.1, 0.15) is 0 Å². The van der Waals surface area contributed by atoms with Crippen LogP contribution in [0.5, 0.6) is 0 Å². The van der Waals surface area contributed by atoms with Crippen molar-refractivity contribution in [2.75, 3.05) is 0 Å². The Hall–Kier alpha value is 2.80. The summed E-state index contributed by atoms with van der Waals surface area (Å²) in [5.74, 6) is 0. The molecule has 0 rings (SSSR count). The van der Waals surface area contributed by atoms with E-state index in [1.165, 1.54) is 0 Å². The Morgan fingerprint density at radius 1 is 0.714 bits per heavy atom. The van der Waals surface area contributed by atoms with Gasteiger partial charge in [-0.3, -0.25) is 0 Å². The van der Waals surface area contributed by atoms with Crippen LogP contribution in [-0.2, 0) is 0 Å². The van der Waals surface area contributed by atoms with Crippen LogP contribution < -0.4 is 0 Å². The molecule has 0 aliphatic rings. The quantitative estimate of drug-likeness (QED) is 0.416. The fourth-order valence-electron chi connectivity index (χ4n) is 0. The summed E-state index contributed by atoms with van der Waals surface area (Å²) in [6.07, 6.45) is 0. The van der Waals surface area contributed by atoms with Gasteiger partial charge in [-0.15, -0.1) is 0 Å². The molecule has 0 heterocycles. The van der Waals surface area contributed by atoms with Crippen LogP contribution >= 0.6 is 59.6 Å². The molecule has 0 unspecified atom stereocenters. The maximum absolute atomic E-state index is 4.98. The summed E-state index contributed by atoms with van der Waals surface area (Å²) in [6, 6.07) is 0. The van der Waals surface area contributed by atoms with E-state index in [9.17, 15) is 0 Å². The van der Waals surface area contributed by atoms with E-state index in [2.05, 4.69) is 0 Å². The zero-order valence-electron chi connectivity index (χ0n) is 2.84. The molecule has 0 aromatic rings. The fourth-order valence-corrected chi connectivity index (χ4v) is 0. The monoisotopic (exact) mass is 414 g/mol. The summed E-state index contributed by atoms with van der Waals surface area (Å²) in [7, 11) is 0. The minimum absolute atomic E-state index is 0. The summed E-state index contributed by atoms with van der Waals surface area (Å²) in [5.41, 5.74) is 0. The first-order valence-electron chi connectivity index (χ1n) is 0.845. The fraction of sp³-hybridized carbons (Fsp3) is 0. The second-order valence-corrected chi connectivity index (χ2v) is 17.2. The largest absolute Gasteiger partial charge is 0 e. The van der Waals surface area contributed by atoms with Gasteiger partial charge in [-0.05, 0) is 0 Å². The van der Waals surface area contributed by atoms with Gasteiger partial charge in [0.05, 0.1) is 0 Å². The topological polar surface area (TPSA) is 0 Å². The number of halogens is 5. The van der Waals surface area contributed by atoms with Crippen molar-refractivity contribution >= 4 is 86.9 Å². The van der Waals surface area contributed by atoms with Gasteiger partial charge in [-0.1, -0.05) is 0 Å². The van der Waals surface area contributed by atoms with Gasteiger partial charge >= 0.3 is 59.6 Å². The average Bonchev–Trinajstić information content (AvgIpc) is 0.650. The van der Waals surface area contributed by atoms with Crippen molar-refractivity contribution < 1.29 is 0 Å². The first-order valence-corrected chi connectivity index (χ1v) is 7.61. The van der Waals surface area contributed by atoms with Gasteiger partial charge in [0.2, 0.25) is 0 Å². The molecule has 0 aliphatic heterocycles. The van der Waals surface area contributed by atoms with Crippen LogP contribution in [-0.4, -0.2) is 27.3 Å². The van der Waals surface area contributed by atoms with Crippen molar-refractivity contribution in [3.8, 4) is 0 Å². The maximum atomic E-state index is 4.98. The summed E-state index contributed by atoms with van der Waals surface area (Å²) in [4.78, 5) is 0. The van der Waals surface area contributed by atoms with Crippen LogP contribution in [0.15, 0.2) is 0 Å². The van der Waals surface area contributed by atoms with Gasteiger partial charge in [-0.2, -0.15) is 0 Å². The number of hydrogen-bond donors (Lipinski definition) is 0. The zero-order chi connectivity index (χ0) is 5.45.